The van der Waals surface area contributed by atoms with Gasteiger partial charge < -0.3 is 20.1 Å². The van der Waals surface area contributed by atoms with Crippen LogP contribution in [0.2, 0.25) is 0 Å². The lowest BCUT2D eigenvalue weighted by atomic mass is 9.91. The van der Waals surface area contributed by atoms with Crippen LogP contribution in [0.4, 0.5) is 4.79 Å². The van der Waals surface area contributed by atoms with Gasteiger partial charge in [-0.1, -0.05) is 13.3 Å². The van der Waals surface area contributed by atoms with Crippen molar-refractivity contribution in [2.24, 2.45) is 5.92 Å². The van der Waals surface area contributed by atoms with E-state index in [2.05, 4.69) is 5.32 Å². The first-order valence-corrected chi connectivity index (χ1v) is 8.52. The zero-order valence-electron chi connectivity index (χ0n) is 15.3. The Labute approximate surface area is 143 Å². The van der Waals surface area contributed by atoms with Crippen molar-refractivity contribution in [3.63, 3.8) is 0 Å². The summed E-state index contributed by atoms with van der Waals surface area (Å²) in [6, 6.07) is 0. The summed E-state index contributed by atoms with van der Waals surface area (Å²) in [7, 11) is 0. The van der Waals surface area contributed by atoms with Crippen LogP contribution in [0.25, 0.3) is 0 Å². The molecule has 1 unspecified atom stereocenters. The predicted octanol–water partition coefficient (Wildman–Crippen LogP) is 2.39. The van der Waals surface area contributed by atoms with E-state index in [1.807, 2.05) is 6.92 Å². The zero-order chi connectivity index (χ0) is 18.5. The maximum Gasteiger partial charge on any atom is 0.408 e. The fraction of sp³-hybridized carbons (Fsp3) is 0.824. The first-order chi connectivity index (χ1) is 11.0. The third-order valence-corrected chi connectivity index (χ3v) is 4.13. The number of aliphatic carboxylic acids is 1. The van der Waals surface area contributed by atoms with Gasteiger partial charge in [0.2, 0.25) is 5.91 Å². The van der Waals surface area contributed by atoms with E-state index in [1.165, 1.54) is 0 Å². The van der Waals surface area contributed by atoms with Crippen LogP contribution < -0.4 is 5.32 Å². The van der Waals surface area contributed by atoms with Crippen molar-refractivity contribution in [1.29, 1.82) is 0 Å². The molecule has 138 valence electrons. The molecule has 1 fully saturated rings. The van der Waals surface area contributed by atoms with Crippen LogP contribution >= 0.6 is 0 Å². The first kappa shape index (κ1) is 20.3. The molecule has 0 aromatic carbocycles. The number of amides is 2. The number of piperidine rings is 1. The maximum absolute atomic E-state index is 12.9. The Morgan fingerprint density at radius 3 is 2.12 bits per heavy atom. The Kier molecular flexibility index (Phi) is 6.63. The van der Waals surface area contributed by atoms with E-state index in [4.69, 9.17) is 9.84 Å². The van der Waals surface area contributed by atoms with E-state index in [1.54, 1.807) is 32.6 Å². The average Bonchev–Trinajstić information content (AvgIpc) is 2.44. The van der Waals surface area contributed by atoms with Crippen molar-refractivity contribution in [3.8, 4) is 0 Å². The van der Waals surface area contributed by atoms with Crippen LogP contribution in [0.15, 0.2) is 0 Å². The van der Waals surface area contributed by atoms with E-state index in [0.717, 1.165) is 6.42 Å². The zero-order valence-corrected chi connectivity index (χ0v) is 15.3. The van der Waals surface area contributed by atoms with Gasteiger partial charge >= 0.3 is 12.1 Å². The second-order valence-corrected chi connectivity index (χ2v) is 7.61. The van der Waals surface area contributed by atoms with E-state index in [0.29, 0.717) is 32.4 Å². The summed E-state index contributed by atoms with van der Waals surface area (Å²) in [5, 5.41) is 11.8. The topological polar surface area (TPSA) is 95.9 Å². The minimum absolute atomic E-state index is 0.181. The van der Waals surface area contributed by atoms with Crippen molar-refractivity contribution in [2.45, 2.75) is 71.4 Å². The molecule has 0 spiro atoms. The number of carbonyl (C=O) groups is 3. The fourth-order valence-electron chi connectivity index (χ4n) is 2.93. The molecule has 24 heavy (non-hydrogen) atoms. The number of ether oxygens (including phenoxy) is 1. The van der Waals surface area contributed by atoms with Gasteiger partial charge in [0.05, 0.1) is 5.92 Å². The van der Waals surface area contributed by atoms with Gasteiger partial charge in [0, 0.05) is 13.1 Å². The molecular weight excluding hydrogens is 312 g/mol. The number of carbonyl (C=O) groups excluding carboxylic acids is 2. The number of carboxylic acid groups (broad SMARTS) is 1. The standard InChI is InChI=1S/C17H30N2O5/c1-6-9-17(5,18-15(23)24-16(2,3)4)14(22)19-10-7-12(8-11-19)13(20)21/h12H,6-11H2,1-5H3,(H,18,23)(H,20,21). The number of rotatable bonds is 5. The quantitative estimate of drug-likeness (QED) is 0.800. The molecule has 1 saturated heterocycles. The molecule has 0 aromatic rings. The lowest BCUT2D eigenvalue weighted by Gasteiger charge is -2.38. The summed E-state index contributed by atoms with van der Waals surface area (Å²) in [5.41, 5.74) is -1.69. The van der Waals surface area contributed by atoms with Gasteiger partial charge in [-0.05, 0) is 47.0 Å². The average molecular weight is 342 g/mol. The molecule has 7 nitrogen and oxygen atoms in total. The molecule has 7 heteroatoms. The molecule has 2 N–H and O–H groups in total. The summed E-state index contributed by atoms with van der Waals surface area (Å²) < 4.78 is 5.27. The molecule has 0 radical (unpaired) electrons. The second-order valence-electron chi connectivity index (χ2n) is 7.61. The van der Waals surface area contributed by atoms with Crippen molar-refractivity contribution < 1.29 is 24.2 Å². The normalized spacial score (nSPS) is 18.6. The minimum Gasteiger partial charge on any atom is -0.481 e. The van der Waals surface area contributed by atoms with Gasteiger partial charge in [-0.15, -0.1) is 0 Å². The Hall–Kier alpha value is -1.79. The Balaban J connectivity index is 2.77. The van der Waals surface area contributed by atoms with Crippen molar-refractivity contribution >= 4 is 18.0 Å². The van der Waals surface area contributed by atoms with Crippen LogP contribution in [0.5, 0.6) is 0 Å². The van der Waals surface area contributed by atoms with Gasteiger partial charge in [-0.25, -0.2) is 4.79 Å². The van der Waals surface area contributed by atoms with Gasteiger partial charge in [0.25, 0.3) is 0 Å². The third-order valence-electron chi connectivity index (χ3n) is 4.13. The molecule has 1 heterocycles. The van der Waals surface area contributed by atoms with Crippen LogP contribution in [0.1, 0.15) is 60.3 Å². The number of hydrogen-bond donors (Lipinski definition) is 2. The number of alkyl carbamates (subject to hydrolysis) is 1. The Morgan fingerprint density at radius 2 is 1.71 bits per heavy atom. The molecule has 0 bridgehead atoms. The number of nitrogens with one attached hydrogen (secondary N) is 1. The van der Waals surface area contributed by atoms with Crippen molar-refractivity contribution in [2.75, 3.05) is 13.1 Å². The largest absolute Gasteiger partial charge is 0.481 e. The van der Waals surface area contributed by atoms with Gasteiger partial charge in [-0.2, -0.15) is 0 Å². The molecule has 1 aliphatic heterocycles. The van der Waals surface area contributed by atoms with E-state index >= 15 is 0 Å². The number of hydrogen-bond acceptors (Lipinski definition) is 4. The van der Waals surface area contributed by atoms with Crippen molar-refractivity contribution in [3.05, 3.63) is 0 Å². The molecule has 0 aliphatic carbocycles. The van der Waals surface area contributed by atoms with Crippen LogP contribution in [-0.4, -0.2) is 52.2 Å². The summed E-state index contributed by atoms with van der Waals surface area (Å²) in [6.07, 6.45) is 1.48. The first-order valence-electron chi connectivity index (χ1n) is 8.52. The predicted molar refractivity (Wildman–Crippen MR) is 89.6 cm³/mol. The van der Waals surface area contributed by atoms with Crippen LogP contribution in [0.3, 0.4) is 0 Å². The fourth-order valence-corrected chi connectivity index (χ4v) is 2.93. The van der Waals surface area contributed by atoms with E-state index < -0.39 is 29.1 Å². The highest BCUT2D eigenvalue weighted by Crippen LogP contribution is 2.23. The maximum atomic E-state index is 12.9. The third kappa shape index (κ3) is 5.69. The van der Waals surface area contributed by atoms with Crippen LogP contribution in [0, 0.1) is 5.92 Å². The highest BCUT2D eigenvalue weighted by atomic mass is 16.6. The summed E-state index contributed by atoms with van der Waals surface area (Å²) >= 11 is 0. The number of likely N-dealkylation sites (tertiary alicyclic amines) is 1. The van der Waals surface area contributed by atoms with Gasteiger partial charge in [-0.3, -0.25) is 9.59 Å². The summed E-state index contributed by atoms with van der Waals surface area (Å²) in [4.78, 5) is 37.7. The lowest BCUT2D eigenvalue weighted by molar-refractivity contribution is -0.147. The van der Waals surface area contributed by atoms with Gasteiger partial charge in [0.1, 0.15) is 11.1 Å². The highest BCUT2D eigenvalue weighted by Gasteiger charge is 2.40. The van der Waals surface area contributed by atoms with Crippen LogP contribution in [-0.2, 0) is 14.3 Å². The monoisotopic (exact) mass is 342 g/mol. The Morgan fingerprint density at radius 1 is 1.17 bits per heavy atom. The smallest absolute Gasteiger partial charge is 0.408 e. The summed E-state index contributed by atoms with van der Waals surface area (Å²) in [6.45, 7) is 9.73. The second kappa shape index (κ2) is 7.85. The molecule has 1 aliphatic rings. The number of carboxylic acids is 1. The Bertz CT molecular complexity index is 478. The lowest BCUT2D eigenvalue weighted by Crippen LogP contribution is -2.59. The van der Waals surface area contributed by atoms with Crippen molar-refractivity contribution in [1.82, 2.24) is 10.2 Å². The number of nitrogens with zero attached hydrogens (tertiary/aromatic N) is 1. The molecule has 0 saturated carbocycles. The highest BCUT2D eigenvalue weighted by molar-refractivity contribution is 5.89. The molecule has 0 aromatic heterocycles. The SMILES string of the molecule is CCCC(C)(NC(=O)OC(C)(C)C)C(=O)N1CCC(C(=O)O)CC1. The van der Waals surface area contributed by atoms with E-state index in [-0.39, 0.29) is 5.91 Å². The molecule has 1 atom stereocenters. The summed E-state index contributed by atoms with van der Waals surface area (Å²) in [5.74, 6) is -1.39. The van der Waals surface area contributed by atoms with Gasteiger partial charge in [0.15, 0.2) is 0 Å². The molecule has 1 rings (SSSR count). The minimum atomic E-state index is -1.05. The molecular formula is C17H30N2O5. The molecule has 2 amide bonds. The van der Waals surface area contributed by atoms with E-state index in [9.17, 15) is 14.4 Å².